The number of benzene rings is 1. The number of hydrogen-bond acceptors (Lipinski definition) is 5. The van der Waals surface area contributed by atoms with Gasteiger partial charge < -0.3 is 21.8 Å². The van der Waals surface area contributed by atoms with E-state index in [1.807, 2.05) is 30.3 Å². The van der Waals surface area contributed by atoms with E-state index in [9.17, 15) is 0 Å². The summed E-state index contributed by atoms with van der Waals surface area (Å²) in [7, 11) is 1.02. The largest absolute Gasteiger partial charge is 0.669 e. The molecule has 0 saturated heterocycles. The van der Waals surface area contributed by atoms with E-state index < -0.39 is 18.3 Å². The van der Waals surface area contributed by atoms with Crippen LogP contribution < -0.4 is 5.19 Å². The monoisotopic (exact) mass is 274 g/mol. The Labute approximate surface area is 105 Å². The van der Waals surface area contributed by atoms with Gasteiger partial charge in [0.2, 0.25) is 0 Å². The number of rotatable bonds is 7. The summed E-state index contributed by atoms with van der Waals surface area (Å²) in [5.41, 5.74) is 0. The second-order valence-electron chi connectivity index (χ2n) is 3.21. The summed E-state index contributed by atoms with van der Waals surface area (Å²) in [6.07, 6.45) is 0. The minimum absolute atomic E-state index is 1.01. The molecule has 96 valence electrons. The van der Waals surface area contributed by atoms with Crippen molar-refractivity contribution >= 4 is 23.5 Å². The normalized spacial score (nSPS) is 13.6. The van der Waals surface area contributed by atoms with Crippen molar-refractivity contribution in [2.45, 2.75) is 0 Å². The van der Waals surface area contributed by atoms with Crippen LogP contribution in [0.5, 0.6) is 0 Å². The highest BCUT2D eigenvalue weighted by Gasteiger charge is 2.45. The van der Waals surface area contributed by atoms with Gasteiger partial charge in [0.05, 0.1) is 0 Å². The van der Waals surface area contributed by atoms with Crippen LogP contribution in [0, 0.1) is 0 Å². The van der Waals surface area contributed by atoms with Crippen LogP contribution in [0.1, 0.15) is 0 Å². The molecule has 0 aliphatic heterocycles. The lowest BCUT2D eigenvalue weighted by Crippen LogP contribution is -2.54. The lowest BCUT2D eigenvalue weighted by atomic mass is 10.4. The molecule has 1 aromatic carbocycles. The Hall–Kier alpha value is -0.546. The van der Waals surface area contributed by atoms with Crippen molar-refractivity contribution in [3.05, 3.63) is 30.3 Å². The first-order valence-electron chi connectivity index (χ1n) is 5.12. The summed E-state index contributed by atoms with van der Waals surface area (Å²) in [5.74, 6) is 0. The van der Waals surface area contributed by atoms with Crippen LogP contribution >= 0.6 is 0 Å². The van der Waals surface area contributed by atoms with Gasteiger partial charge >= 0.3 is 18.3 Å². The molecule has 0 N–H and O–H groups in total. The first-order valence-corrected chi connectivity index (χ1v) is 8.27. The van der Waals surface area contributed by atoms with Gasteiger partial charge in [0.25, 0.3) is 0 Å². The smallest absolute Gasteiger partial charge is 0.397 e. The van der Waals surface area contributed by atoms with Gasteiger partial charge in [-0.05, 0) is 5.19 Å². The van der Waals surface area contributed by atoms with Crippen LogP contribution in [0.2, 0.25) is 0 Å². The van der Waals surface area contributed by atoms with E-state index >= 15 is 0 Å². The SMILES string of the molecule is CO[SiH](O[Si](OC)(OC)OC)c1ccccc1. The fourth-order valence-corrected chi connectivity index (χ4v) is 5.83. The molecule has 1 atom stereocenters. The molecule has 5 nitrogen and oxygen atoms in total. The minimum Gasteiger partial charge on any atom is -0.397 e. The molecule has 0 spiro atoms. The second-order valence-corrected chi connectivity index (χ2v) is 8.18. The fraction of sp³-hybridized carbons (Fsp3) is 0.400. The highest BCUT2D eigenvalue weighted by molar-refractivity contribution is 6.71. The summed E-state index contributed by atoms with van der Waals surface area (Å²) >= 11 is 0. The van der Waals surface area contributed by atoms with Crippen molar-refractivity contribution in [3.8, 4) is 0 Å². The first-order chi connectivity index (χ1) is 8.21. The molecule has 1 aromatic rings. The maximum absolute atomic E-state index is 5.81. The molecule has 0 aliphatic rings. The third-order valence-corrected chi connectivity index (χ3v) is 7.16. The van der Waals surface area contributed by atoms with Gasteiger partial charge in [0.15, 0.2) is 0 Å². The van der Waals surface area contributed by atoms with Crippen LogP contribution in [-0.2, 0) is 21.8 Å². The molecule has 0 aromatic heterocycles. The molecule has 0 aliphatic carbocycles. The summed E-state index contributed by atoms with van der Waals surface area (Å²) in [4.78, 5) is 0. The van der Waals surface area contributed by atoms with Gasteiger partial charge in [-0.1, -0.05) is 30.3 Å². The Bertz CT molecular complexity index is 309. The first kappa shape index (κ1) is 14.5. The molecule has 0 saturated carbocycles. The lowest BCUT2D eigenvalue weighted by Gasteiger charge is -2.27. The third kappa shape index (κ3) is 3.71. The van der Waals surface area contributed by atoms with Crippen LogP contribution in [0.3, 0.4) is 0 Å². The van der Waals surface area contributed by atoms with Gasteiger partial charge in [-0.2, -0.15) is 0 Å². The van der Waals surface area contributed by atoms with Crippen LogP contribution in [0.4, 0.5) is 0 Å². The van der Waals surface area contributed by atoms with Gasteiger partial charge in [-0.3, -0.25) is 0 Å². The van der Waals surface area contributed by atoms with E-state index in [2.05, 4.69) is 0 Å². The van der Waals surface area contributed by atoms with Crippen LogP contribution in [0.15, 0.2) is 30.3 Å². The average Bonchev–Trinajstić information content (AvgIpc) is 2.42. The van der Waals surface area contributed by atoms with E-state index in [1.165, 1.54) is 21.3 Å². The highest BCUT2D eigenvalue weighted by Crippen LogP contribution is 2.10. The topological polar surface area (TPSA) is 46.2 Å². The summed E-state index contributed by atoms with van der Waals surface area (Å²) in [6, 6.07) is 9.74. The molecule has 1 rings (SSSR count). The van der Waals surface area contributed by atoms with Crippen LogP contribution in [0.25, 0.3) is 0 Å². The second kappa shape index (κ2) is 7.01. The molecule has 0 amide bonds. The average molecular weight is 274 g/mol. The minimum atomic E-state index is -3.05. The van der Waals surface area contributed by atoms with Crippen molar-refractivity contribution in [1.29, 1.82) is 0 Å². The predicted molar refractivity (Wildman–Crippen MR) is 68.1 cm³/mol. The Morgan fingerprint density at radius 3 is 1.82 bits per heavy atom. The Kier molecular flexibility index (Phi) is 5.99. The molecule has 0 bridgehead atoms. The highest BCUT2D eigenvalue weighted by atomic mass is 28.5. The number of hydrogen-bond donors (Lipinski definition) is 0. The Morgan fingerprint density at radius 2 is 1.41 bits per heavy atom. The van der Waals surface area contributed by atoms with Crippen LogP contribution in [-0.4, -0.2) is 46.8 Å². The van der Waals surface area contributed by atoms with Gasteiger partial charge in [-0.25, -0.2) is 0 Å². The molecule has 1 unspecified atom stereocenters. The van der Waals surface area contributed by atoms with Crippen molar-refractivity contribution in [1.82, 2.24) is 0 Å². The predicted octanol–water partition coefficient (Wildman–Crippen LogP) is 0.152. The quantitative estimate of drug-likeness (QED) is 0.663. The molecular formula is C10H18O5Si2. The van der Waals surface area contributed by atoms with E-state index in [0.29, 0.717) is 0 Å². The van der Waals surface area contributed by atoms with Gasteiger partial charge in [0.1, 0.15) is 0 Å². The third-order valence-electron chi connectivity index (χ3n) is 2.29. The van der Waals surface area contributed by atoms with Crippen molar-refractivity contribution in [2.24, 2.45) is 0 Å². The van der Waals surface area contributed by atoms with Crippen molar-refractivity contribution in [2.75, 3.05) is 28.4 Å². The standard InChI is InChI=1S/C10H18O5Si2/c1-11-16(10-8-6-5-7-9-10)15-17(12-2,13-3)14-4/h5-9,16H,1-4H3. The molecule has 0 heterocycles. The van der Waals surface area contributed by atoms with Crippen molar-refractivity contribution in [3.63, 3.8) is 0 Å². The zero-order chi connectivity index (χ0) is 12.7. The molecule has 0 radical (unpaired) electrons. The Balaban J connectivity index is 2.82. The zero-order valence-corrected chi connectivity index (χ0v) is 12.7. The lowest BCUT2D eigenvalue weighted by molar-refractivity contribution is 0.0432. The van der Waals surface area contributed by atoms with Gasteiger partial charge in [-0.15, -0.1) is 0 Å². The maximum atomic E-state index is 5.81. The van der Waals surface area contributed by atoms with Gasteiger partial charge in [0, 0.05) is 28.4 Å². The van der Waals surface area contributed by atoms with Crippen molar-refractivity contribution < 1.29 is 21.8 Å². The summed E-state index contributed by atoms with van der Waals surface area (Å²) < 4.78 is 26.9. The fourth-order valence-electron chi connectivity index (χ4n) is 1.39. The van der Waals surface area contributed by atoms with E-state index in [-0.39, 0.29) is 0 Å². The molecule has 17 heavy (non-hydrogen) atoms. The molecule has 7 heteroatoms. The van der Waals surface area contributed by atoms with E-state index in [0.717, 1.165) is 5.19 Å². The summed E-state index contributed by atoms with van der Waals surface area (Å²) in [6.45, 7) is 0. The van der Waals surface area contributed by atoms with E-state index in [4.69, 9.17) is 21.8 Å². The van der Waals surface area contributed by atoms with E-state index in [1.54, 1.807) is 7.11 Å². The zero-order valence-electron chi connectivity index (χ0n) is 10.5. The Morgan fingerprint density at radius 1 is 0.882 bits per heavy atom. The maximum Gasteiger partial charge on any atom is 0.669 e. The molecule has 0 fully saturated rings. The molecular weight excluding hydrogens is 256 g/mol. The summed E-state index contributed by atoms with van der Waals surface area (Å²) in [5, 5.41) is 1.01.